The van der Waals surface area contributed by atoms with Crippen LogP contribution in [0, 0.1) is 0 Å². The van der Waals surface area contributed by atoms with Crippen molar-refractivity contribution in [2.24, 2.45) is 0 Å². The van der Waals surface area contributed by atoms with E-state index in [1.165, 1.54) is 32.1 Å². The summed E-state index contributed by atoms with van der Waals surface area (Å²) in [6.45, 7) is 4.86. The summed E-state index contributed by atoms with van der Waals surface area (Å²) >= 11 is 0. The van der Waals surface area contributed by atoms with Gasteiger partial charge in [0.25, 0.3) is 0 Å². The third kappa shape index (κ3) is 15.3. The van der Waals surface area contributed by atoms with Crippen LogP contribution in [0.3, 0.4) is 0 Å². The summed E-state index contributed by atoms with van der Waals surface area (Å²) in [5.41, 5.74) is 0. The van der Waals surface area contributed by atoms with Gasteiger partial charge >= 0.3 is 5.97 Å². The van der Waals surface area contributed by atoms with Crippen LogP contribution in [0.25, 0.3) is 0 Å². The Morgan fingerprint density at radius 3 is 2.26 bits per heavy atom. The minimum absolute atomic E-state index is 0.0675. The maximum atomic E-state index is 11.4. The van der Waals surface area contributed by atoms with Crippen molar-refractivity contribution in [2.45, 2.75) is 58.3 Å². The molecule has 0 atom stereocenters. The van der Waals surface area contributed by atoms with Gasteiger partial charge < -0.3 is 14.8 Å². The molecule has 114 valence electrons. The highest BCUT2D eigenvalue weighted by Crippen LogP contribution is 2.08. The number of unbranched alkanes of at least 4 members (excludes halogenated alkanes) is 6. The van der Waals surface area contributed by atoms with Crippen LogP contribution < -0.4 is 5.32 Å². The predicted molar refractivity (Wildman–Crippen MR) is 78.3 cm³/mol. The van der Waals surface area contributed by atoms with Gasteiger partial charge in [0, 0.05) is 26.6 Å². The average molecular weight is 273 g/mol. The van der Waals surface area contributed by atoms with Gasteiger partial charge in [0.15, 0.2) is 0 Å². The Labute approximate surface area is 118 Å². The number of rotatable bonds is 14. The molecule has 0 bridgehead atoms. The highest BCUT2D eigenvalue weighted by molar-refractivity contribution is 5.69. The zero-order valence-corrected chi connectivity index (χ0v) is 12.7. The van der Waals surface area contributed by atoms with E-state index in [9.17, 15) is 4.79 Å². The number of esters is 1. The van der Waals surface area contributed by atoms with Crippen LogP contribution in [0.4, 0.5) is 0 Å². The first-order chi connectivity index (χ1) is 9.31. The van der Waals surface area contributed by atoms with Gasteiger partial charge in [-0.15, -0.1) is 0 Å². The van der Waals surface area contributed by atoms with E-state index in [4.69, 9.17) is 9.47 Å². The first-order valence-electron chi connectivity index (χ1n) is 7.66. The van der Waals surface area contributed by atoms with Crippen molar-refractivity contribution in [3.8, 4) is 0 Å². The van der Waals surface area contributed by atoms with Gasteiger partial charge in [0.2, 0.25) is 0 Å². The SMILES string of the molecule is CCCCCCCCCC(=O)OCCNCCOC. The Morgan fingerprint density at radius 2 is 1.58 bits per heavy atom. The molecule has 0 aromatic rings. The van der Waals surface area contributed by atoms with E-state index in [-0.39, 0.29) is 5.97 Å². The third-order valence-electron chi connectivity index (χ3n) is 3.01. The average Bonchev–Trinajstić information content (AvgIpc) is 2.41. The van der Waals surface area contributed by atoms with E-state index < -0.39 is 0 Å². The van der Waals surface area contributed by atoms with Crippen molar-refractivity contribution in [1.29, 1.82) is 0 Å². The van der Waals surface area contributed by atoms with Gasteiger partial charge in [-0.05, 0) is 6.42 Å². The Morgan fingerprint density at radius 1 is 0.947 bits per heavy atom. The normalized spacial score (nSPS) is 10.6. The molecule has 0 rings (SSSR count). The summed E-state index contributed by atoms with van der Waals surface area (Å²) in [6, 6.07) is 0. The zero-order chi connectivity index (χ0) is 14.2. The number of hydrogen-bond acceptors (Lipinski definition) is 4. The second kappa shape index (κ2) is 15.4. The fraction of sp³-hybridized carbons (Fsp3) is 0.933. The monoisotopic (exact) mass is 273 g/mol. The molecule has 0 amide bonds. The number of hydrogen-bond donors (Lipinski definition) is 1. The Hall–Kier alpha value is -0.610. The lowest BCUT2D eigenvalue weighted by Crippen LogP contribution is -2.24. The summed E-state index contributed by atoms with van der Waals surface area (Å²) in [5.74, 6) is -0.0675. The molecule has 0 saturated heterocycles. The lowest BCUT2D eigenvalue weighted by Gasteiger charge is -2.06. The molecule has 0 heterocycles. The van der Waals surface area contributed by atoms with Crippen molar-refractivity contribution < 1.29 is 14.3 Å². The maximum Gasteiger partial charge on any atom is 0.305 e. The molecule has 0 unspecified atom stereocenters. The lowest BCUT2D eigenvalue weighted by molar-refractivity contribution is -0.143. The molecule has 0 aliphatic carbocycles. The highest BCUT2D eigenvalue weighted by Gasteiger charge is 2.01. The lowest BCUT2D eigenvalue weighted by atomic mass is 10.1. The minimum Gasteiger partial charge on any atom is -0.464 e. The second-order valence-electron chi connectivity index (χ2n) is 4.83. The molecule has 0 aromatic heterocycles. The number of nitrogens with one attached hydrogen (secondary N) is 1. The van der Waals surface area contributed by atoms with E-state index in [1.54, 1.807) is 7.11 Å². The van der Waals surface area contributed by atoms with Gasteiger partial charge in [-0.3, -0.25) is 4.79 Å². The van der Waals surface area contributed by atoms with Crippen molar-refractivity contribution in [1.82, 2.24) is 5.32 Å². The van der Waals surface area contributed by atoms with Gasteiger partial charge in [-0.1, -0.05) is 45.4 Å². The zero-order valence-electron chi connectivity index (χ0n) is 12.7. The second-order valence-corrected chi connectivity index (χ2v) is 4.83. The molecule has 0 aromatic carbocycles. The molecular formula is C15H31NO3. The van der Waals surface area contributed by atoms with Crippen LogP contribution >= 0.6 is 0 Å². The molecule has 0 aliphatic rings. The standard InChI is InChI=1S/C15H31NO3/c1-3-4-5-6-7-8-9-10-15(17)19-14-12-16-11-13-18-2/h16H,3-14H2,1-2H3. The summed E-state index contributed by atoms with van der Waals surface area (Å²) < 4.78 is 10.0. The molecule has 1 N–H and O–H groups in total. The van der Waals surface area contributed by atoms with E-state index in [1.807, 2.05) is 0 Å². The van der Waals surface area contributed by atoms with Crippen LogP contribution in [-0.2, 0) is 14.3 Å². The van der Waals surface area contributed by atoms with Crippen molar-refractivity contribution in [3.05, 3.63) is 0 Å². The fourth-order valence-electron chi connectivity index (χ4n) is 1.83. The number of carbonyl (C=O) groups excluding carboxylic acids is 1. The van der Waals surface area contributed by atoms with Crippen LogP contribution in [0.5, 0.6) is 0 Å². The topological polar surface area (TPSA) is 47.6 Å². The van der Waals surface area contributed by atoms with Gasteiger partial charge in [0.05, 0.1) is 6.61 Å². The Kier molecular flexibility index (Phi) is 15.0. The summed E-state index contributed by atoms with van der Waals surface area (Å²) in [4.78, 5) is 11.4. The molecule has 0 saturated carbocycles. The predicted octanol–water partition coefficient (Wildman–Crippen LogP) is 2.91. The molecule has 4 heteroatoms. The molecule has 0 aliphatic heterocycles. The summed E-state index contributed by atoms with van der Waals surface area (Å²) in [7, 11) is 1.67. The highest BCUT2D eigenvalue weighted by atomic mass is 16.5. The van der Waals surface area contributed by atoms with Gasteiger partial charge in [-0.2, -0.15) is 0 Å². The number of ether oxygens (including phenoxy) is 2. The number of carbonyl (C=O) groups is 1. The van der Waals surface area contributed by atoms with Crippen molar-refractivity contribution in [3.63, 3.8) is 0 Å². The first-order valence-corrected chi connectivity index (χ1v) is 7.66. The molecule has 0 radical (unpaired) electrons. The minimum atomic E-state index is -0.0675. The molecule has 4 nitrogen and oxygen atoms in total. The third-order valence-corrected chi connectivity index (χ3v) is 3.01. The van der Waals surface area contributed by atoms with Crippen molar-refractivity contribution in [2.75, 3.05) is 33.4 Å². The van der Waals surface area contributed by atoms with Crippen LogP contribution in [0.1, 0.15) is 58.3 Å². The fourth-order valence-corrected chi connectivity index (χ4v) is 1.83. The van der Waals surface area contributed by atoms with E-state index >= 15 is 0 Å². The van der Waals surface area contributed by atoms with Gasteiger partial charge in [0.1, 0.15) is 6.61 Å². The van der Waals surface area contributed by atoms with E-state index in [2.05, 4.69) is 12.2 Å². The summed E-state index contributed by atoms with van der Waals surface area (Å²) in [6.07, 6.45) is 9.15. The van der Waals surface area contributed by atoms with Crippen molar-refractivity contribution >= 4 is 5.97 Å². The maximum absolute atomic E-state index is 11.4. The molecular weight excluding hydrogens is 242 g/mol. The Balaban J connectivity index is 3.13. The van der Waals surface area contributed by atoms with Crippen LogP contribution in [0.2, 0.25) is 0 Å². The molecule has 19 heavy (non-hydrogen) atoms. The van der Waals surface area contributed by atoms with Crippen LogP contribution in [0.15, 0.2) is 0 Å². The first kappa shape index (κ1) is 18.4. The Bertz CT molecular complexity index is 198. The summed E-state index contributed by atoms with van der Waals surface area (Å²) in [5, 5.41) is 3.14. The van der Waals surface area contributed by atoms with E-state index in [0.29, 0.717) is 26.2 Å². The van der Waals surface area contributed by atoms with Crippen LogP contribution in [-0.4, -0.2) is 39.4 Å². The smallest absolute Gasteiger partial charge is 0.305 e. The van der Waals surface area contributed by atoms with Gasteiger partial charge in [-0.25, -0.2) is 0 Å². The largest absolute Gasteiger partial charge is 0.464 e. The van der Waals surface area contributed by atoms with E-state index in [0.717, 1.165) is 19.4 Å². The quantitative estimate of drug-likeness (QED) is 0.390. The molecule has 0 fully saturated rings. The number of methoxy groups -OCH3 is 1. The molecule has 0 spiro atoms.